The van der Waals surface area contributed by atoms with E-state index < -0.39 is 0 Å². The molecule has 1 aliphatic heterocycles. The Labute approximate surface area is 213 Å². The van der Waals surface area contributed by atoms with Gasteiger partial charge in [-0.15, -0.1) is 0 Å². The summed E-state index contributed by atoms with van der Waals surface area (Å²) in [6.45, 7) is 0.527. The molecule has 2 heterocycles. The van der Waals surface area contributed by atoms with Gasteiger partial charge in [-0.25, -0.2) is 4.79 Å². The third kappa shape index (κ3) is 3.95. The number of para-hydroxylation sites is 1. The van der Waals surface area contributed by atoms with Crippen molar-refractivity contribution in [3.63, 3.8) is 0 Å². The largest absolute Gasteiger partial charge is 0.378 e. The summed E-state index contributed by atoms with van der Waals surface area (Å²) in [6.07, 6.45) is 6.60. The number of carbonyl (C=O) groups is 1. The van der Waals surface area contributed by atoms with Crippen LogP contribution in [-0.2, 0) is 19.4 Å². The number of urea groups is 1. The summed E-state index contributed by atoms with van der Waals surface area (Å²) in [7, 11) is 4.09. The summed E-state index contributed by atoms with van der Waals surface area (Å²) < 4.78 is 2.23. The van der Waals surface area contributed by atoms with Gasteiger partial charge in [-0.3, -0.25) is 0 Å². The van der Waals surface area contributed by atoms with Gasteiger partial charge in [0.15, 0.2) is 0 Å². The molecule has 5 heteroatoms. The molecule has 1 N–H and O–H groups in total. The second kappa shape index (κ2) is 9.23. The fraction of sp³-hybridized carbons (Fsp3) is 0.258. The number of nitrogens with one attached hydrogen (secondary N) is 1. The normalized spacial score (nSPS) is 16.4. The lowest BCUT2D eigenvalue weighted by atomic mass is 9.90. The number of hydrogen-bond donors (Lipinski definition) is 1. The maximum Gasteiger partial charge on any atom is 0.322 e. The molecular formula is C31H32N4O. The molecule has 0 saturated heterocycles. The minimum absolute atomic E-state index is 0.0693. The standard InChI is InChI=1S/C31H32N4O/c1-33(2)25-18-16-23(17-19-25)30-29-15-8-20-34(29)28-14-6-4-10-24(28)21-35(30)31(36)32-27-13-7-11-22-9-3-5-12-26(22)27/h4,6-8,10-11,13-20,30H,3,5,9,12,21H2,1-2H3,(H,32,36). The van der Waals surface area contributed by atoms with Crippen LogP contribution in [0.25, 0.3) is 5.69 Å². The Hall–Kier alpha value is -3.99. The summed E-state index contributed by atoms with van der Waals surface area (Å²) in [5.74, 6) is 0. The second-order valence-electron chi connectivity index (χ2n) is 10.0. The van der Waals surface area contributed by atoms with E-state index in [1.807, 2.05) is 19.0 Å². The number of amides is 2. The molecule has 5 nitrogen and oxygen atoms in total. The molecule has 182 valence electrons. The fourth-order valence-electron chi connectivity index (χ4n) is 5.73. The van der Waals surface area contributed by atoms with Gasteiger partial charge >= 0.3 is 6.03 Å². The lowest BCUT2D eigenvalue weighted by Crippen LogP contribution is -2.38. The average molecular weight is 477 g/mol. The van der Waals surface area contributed by atoms with Crippen molar-refractivity contribution in [3.05, 3.63) is 113 Å². The smallest absolute Gasteiger partial charge is 0.322 e. The van der Waals surface area contributed by atoms with Crippen molar-refractivity contribution in [1.29, 1.82) is 0 Å². The van der Waals surface area contributed by atoms with Crippen molar-refractivity contribution in [3.8, 4) is 5.69 Å². The number of anilines is 2. The highest BCUT2D eigenvalue weighted by atomic mass is 16.2. The number of carbonyl (C=O) groups excluding carboxylic acids is 1. The first kappa shape index (κ1) is 22.5. The highest BCUT2D eigenvalue weighted by Gasteiger charge is 2.33. The van der Waals surface area contributed by atoms with E-state index in [2.05, 4.69) is 99.8 Å². The van der Waals surface area contributed by atoms with Crippen molar-refractivity contribution in [2.45, 2.75) is 38.3 Å². The molecule has 0 fully saturated rings. The van der Waals surface area contributed by atoms with Crippen molar-refractivity contribution in [2.75, 3.05) is 24.3 Å². The Kier molecular flexibility index (Phi) is 5.76. The number of aromatic nitrogens is 1. The second-order valence-corrected chi connectivity index (χ2v) is 10.0. The number of benzene rings is 3. The van der Waals surface area contributed by atoms with Crippen molar-refractivity contribution < 1.29 is 4.79 Å². The van der Waals surface area contributed by atoms with E-state index in [1.54, 1.807) is 0 Å². The topological polar surface area (TPSA) is 40.5 Å². The van der Waals surface area contributed by atoms with E-state index in [1.165, 1.54) is 24.0 Å². The SMILES string of the molecule is CN(C)c1ccc(C2c3cccn3-c3ccccc3CN2C(=O)Nc2cccc3c2CCCC3)cc1. The zero-order valence-electron chi connectivity index (χ0n) is 20.9. The lowest BCUT2D eigenvalue weighted by molar-refractivity contribution is 0.194. The van der Waals surface area contributed by atoms with Gasteiger partial charge in [0, 0.05) is 37.4 Å². The Morgan fingerprint density at radius 1 is 0.861 bits per heavy atom. The highest BCUT2D eigenvalue weighted by Crippen LogP contribution is 2.38. The van der Waals surface area contributed by atoms with E-state index >= 15 is 0 Å². The van der Waals surface area contributed by atoms with Crippen molar-refractivity contribution in [1.82, 2.24) is 9.47 Å². The Bertz CT molecular complexity index is 1400. The highest BCUT2D eigenvalue weighted by molar-refractivity contribution is 5.91. The van der Waals surface area contributed by atoms with Crippen LogP contribution in [0.4, 0.5) is 16.2 Å². The van der Waals surface area contributed by atoms with Gasteiger partial charge < -0.3 is 19.7 Å². The minimum Gasteiger partial charge on any atom is -0.378 e. The van der Waals surface area contributed by atoms with E-state index in [-0.39, 0.29) is 12.1 Å². The monoisotopic (exact) mass is 476 g/mol. The third-order valence-electron chi connectivity index (χ3n) is 7.59. The Morgan fingerprint density at radius 2 is 1.64 bits per heavy atom. The van der Waals surface area contributed by atoms with Gasteiger partial charge in [-0.05, 0) is 84.3 Å². The van der Waals surface area contributed by atoms with E-state index in [4.69, 9.17) is 0 Å². The summed E-state index contributed by atoms with van der Waals surface area (Å²) in [4.78, 5) is 18.2. The fourth-order valence-corrected chi connectivity index (χ4v) is 5.73. The first-order valence-electron chi connectivity index (χ1n) is 12.8. The van der Waals surface area contributed by atoms with Crippen LogP contribution in [0.5, 0.6) is 0 Å². The molecule has 1 aliphatic carbocycles. The van der Waals surface area contributed by atoms with Crippen LogP contribution < -0.4 is 10.2 Å². The van der Waals surface area contributed by atoms with Crippen LogP contribution in [-0.4, -0.2) is 29.6 Å². The summed E-state index contributed by atoms with van der Waals surface area (Å²) >= 11 is 0. The van der Waals surface area contributed by atoms with Gasteiger partial charge in [-0.2, -0.15) is 0 Å². The summed E-state index contributed by atoms with van der Waals surface area (Å²) in [5, 5.41) is 3.32. The van der Waals surface area contributed by atoms with Gasteiger partial charge in [0.1, 0.15) is 0 Å². The molecule has 0 saturated carbocycles. The van der Waals surface area contributed by atoms with Crippen LogP contribution in [0.3, 0.4) is 0 Å². The minimum atomic E-state index is -0.219. The maximum atomic E-state index is 14.1. The molecule has 6 rings (SSSR count). The zero-order valence-corrected chi connectivity index (χ0v) is 20.9. The molecule has 2 aliphatic rings. The quantitative estimate of drug-likeness (QED) is 0.364. The van der Waals surface area contributed by atoms with Gasteiger partial charge in [0.25, 0.3) is 0 Å². The van der Waals surface area contributed by atoms with Crippen molar-refractivity contribution in [2.24, 2.45) is 0 Å². The molecular weight excluding hydrogens is 444 g/mol. The van der Waals surface area contributed by atoms with Gasteiger partial charge in [0.2, 0.25) is 0 Å². The van der Waals surface area contributed by atoms with Crippen LogP contribution in [0.2, 0.25) is 0 Å². The van der Waals surface area contributed by atoms with Crippen LogP contribution in [0.15, 0.2) is 85.1 Å². The first-order valence-corrected chi connectivity index (χ1v) is 12.8. The zero-order chi connectivity index (χ0) is 24.6. The van der Waals surface area contributed by atoms with E-state index in [9.17, 15) is 4.79 Å². The third-order valence-corrected chi connectivity index (χ3v) is 7.59. The van der Waals surface area contributed by atoms with Crippen LogP contribution in [0.1, 0.15) is 46.8 Å². The molecule has 36 heavy (non-hydrogen) atoms. The Morgan fingerprint density at radius 3 is 2.47 bits per heavy atom. The molecule has 1 atom stereocenters. The molecule has 1 unspecified atom stereocenters. The van der Waals surface area contributed by atoms with Crippen molar-refractivity contribution >= 4 is 17.4 Å². The number of fused-ring (bicyclic) bond motifs is 4. The molecule has 3 aromatic carbocycles. The van der Waals surface area contributed by atoms with E-state index in [0.29, 0.717) is 6.54 Å². The van der Waals surface area contributed by atoms with Gasteiger partial charge in [0.05, 0.1) is 18.3 Å². The van der Waals surface area contributed by atoms with E-state index in [0.717, 1.165) is 46.7 Å². The maximum absolute atomic E-state index is 14.1. The molecule has 2 amide bonds. The molecule has 0 spiro atoms. The summed E-state index contributed by atoms with van der Waals surface area (Å²) in [6, 6.07) is 27.2. The number of aryl methyl sites for hydroxylation is 1. The molecule has 1 aromatic heterocycles. The first-order chi connectivity index (χ1) is 17.6. The predicted molar refractivity (Wildman–Crippen MR) is 146 cm³/mol. The number of nitrogens with zero attached hydrogens (tertiary/aromatic N) is 3. The predicted octanol–water partition coefficient (Wildman–Crippen LogP) is 6.56. The molecule has 0 bridgehead atoms. The number of hydrogen-bond acceptors (Lipinski definition) is 2. The average Bonchev–Trinajstić information content (AvgIpc) is 3.33. The van der Waals surface area contributed by atoms with Crippen LogP contribution >= 0.6 is 0 Å². The molecule has 0 radical (unpaired) electrons. The number of rotatable bonds is 3. The summed E-state index contributed by atoms with van der Waals surface area (Å²) in [5.41, 5.74) is 9.19. The lowest BCUT2D eigenvalue weighted by Gasteiger charge is -2.32. The Balaban J connectivity index is 1.44. The van der Waals surface area contributed by atoms with Gasteiger partial charge in [-0.1, -0.05) is 42.5 Å². The molecule has 4 aromatic rings. The van der Waals surface area contributed by atoms with Crippen LogP contribution in [0, 0.1) is 0 Å².